The molecule has 4 nitrogen and oxygen atoms in total. The summed E-state index contributed by atoms with van der Waals surface area (Å²) < 4.78 is 5.15. The number of carboxylic acids is 1. The number of hydrogen-bond donors (Lipinski definition) is 1. The van der Waals surface area contributed by atoms with Crippen LogP contribution in [0, 0.1) is 0 Å². The van der Waals surface area contributed by atoms with Crippen LogP contribution >= 0.6 is 0 Å². The Bertz CT molecular complexity index is 626. The van der Waals surface area contributed by atoms with E-state index in [4.69, 9.17) is 4.52 Å². The molecule has 2 aromatic rings. The van der Waals surface area contributed by atoms with Gasteiger partial charge in [0.05, 0.1) is 0 Å². The first-order chi connectivity index (χ1) is 9.20. The molecule has 1 N–H and O–H groups in total. The molecular weight excluding hydrogens is 242 g/mol. The average Bonchev–Trinajstić information content (AvgIpc) is 3.17. The van der Waals surface area contributed by atoms with Crippen molar-refractivity contribution in [3.63, 3.8) is 0 Å². The fraction of sp³-hybridized carbons (Fsp3) is 0.333. The zero-order chi connectivity index (χ0) is 13.4. The highest BCUT2D eigenvalue weighted by molar-refractivity contribution is 5.95. The van der Waals surface area contributed by atoms with E-state index in [0.717, 1.165) is 5.56 Å². The number of nitrogens with zero attached hydrogens (tertiary/aromatic N) is 1. The molecule has 1 aliphatic rings. The maximum atomic E-state index is 11.4. The number of carbonyl (C=O) groups is 1. The lowest BCUT2D eigenvalue weighted by Crippen LogP contribution is -2.01. The van der Waals surface area contributed by atoms with Gasteiger partial charge in [0, 0.05) is 12.0 Å². The number of carboxylic acid groups (broad SMARTS) is 1. The molecule has 1 aliphatic carbocycles. The number of rotatable bonds is 4. The second-order valence-electron chi connectivity index (χ2n) is 4.89. The highest BCUT2D eigenvalue weighted by Gasteiger charge is 2.26. The van der Waals surface area contributed by atoms with Crippen LogP contribution in [0.1, 0.15) is 47.4 Å². The second-order valence-corrected chi connectivity index (χ2v) is 4.89. The summed E-state index contributed by atoms with van der Waals surface area (Å²) in [5.74, 6) is 0.0787. The van der Waals surface area contributed by atoms with E-state index in [1.165, 1.54) is 18.4 Å². The molecule has 0 unspecified atom stereocenters. The second kappa shape index (κ2) is 4.53. The summed E-state index contributed by atoms with van der Waals surface area (Å²) in [6, 6.07) is 7.95. The molecule has 4 heteroatoms. The molecule has 98 valence electrons. The smallest absolute Gasteiger partial charge is 0.341 e. The lowest BCUT2D eigenvalue weighted by Gasteiger charge is -2.02. The lowest BCUT2D eigenvalue weighted by molar-refractivity contribution is 0.0695. The Labute approximate surface area is 111 Å². The Morgan fingerprint density at radius 2 is 2.26 bits per heavy atom. The maximum absolute atomic E-state index is 11.4. The summed E-state index contributed by atoms with van der Waals surface area (Å²) in [7, 11) is 0. The van der Waals surface area contributed by atoms with E-state index >= 15 is 0 Å². The fourth-order valence-electron chi connectivity index (χ4n) is 2.34. The van der Waals surface area contributed by atoms with Gasteiger partial charge in [-0.25, -0.2) is 4.79 Å². The number of aryl methyl sites for hydroxylation is 1. The quantitative estimate of drug-likeness (QED) is 0.910. The van der Waals surface area contributed by atoms with E-state index in [2.05, 4.69) is 11.2 Å². The van der Waals surface area contributed by atoms with Crippen LogP contribution in [-0.4, -0.2) is 16.2 Å². The van der Waals surface area contributed by atoms with Gasteiger partial charge in [-0.05, 0) is 30.4 Å². The molecule has 1 aromatic heterocycles. The topological polar surface area (TPSA) is 63.3 Å². The Morgan fingerprint density at radius 3 is 2.89 bits per heavy atom. The van der Waals surface area contributed by atoms with Gasteiger partial charge in [0.15, 0.2) is 5.76 Å². The van der Waals surface area contributed by atoms with E-state index in [1.807, 2.05) is 25.1 Å². The van der Waals surface area contributed by atoms with Gasteiger partial charge in [-0.2, -0.15) is 0 Å². The molecule has 0 saturated heterocycles. The highest BCUT2D eigenvalue weighted by atomic mass is 16.5. The summed E-state index contributed by atoms with van der Waals surface area (Å²) in [5.41, 5.74) is 2.71. The van der Waals surface area contributed by atoms with E-state index < -0.39 is 5.97 Å². The Balaban J connectivity index is 2.08. The van der Waals surface area contributed by atoms with Crippen molar-refractivity contribution in [3.05, 3.63) is 41.2 Å². The molecule has 3 rings (SSSR count). The standard InChI is InChI=1S/C15H15NO3/c1-2-12-13(15(17)18)14(16-19-12)11-5-3-4-10(8-11)9-6-7-9/h3-5,8-9H,2,6-7H2,1H3,(H,17,18). The van der Waals surface area contributed by atoms with Gasteiger partial charge in [-0.15, -0.1) is 0 Å². The van der Waals surface area contributed by atoms with Crippen molar-refractivity contribution < 1.29 is 14.4 Å². The molecule has 1 fully saturated rings. The van der Waals surface area contributed by atoms with E-state index in [0.29, 0.717) is 23.8 Å². The van der Waals surface area contributed by atoms with Crippen LogP contribution in [0.3, 0.4) is 0 Å². The Kier molecular flexibility index (Phi) is 2.85. The number of benzene rings is 1. The van der Waals surface area contributed by atoms with Crippen LogP contribution in [0.4, 0.5) is 0 Å². The van der Waals surface area contributed by atoms with Crippen LogP contribution in [0.5, 0.6) is 0 Å². The fourth-order valence-corrected chi connectivity index (χ4v) is 2.34. The van der Waals surface area contributed by atoms with Crippen LogP contribution in [-0.2, 0) is 6.42 Å². The maximum Gasteiger partial charge on any atom is 0.341 e. The van der Waals surface area contributed by atoms with Crippen LogP contribution in [0.15, 0.2) is 28.8 Å². The van der Waals surface area contributed by atoms with Crippen molar-refractivity contribution in [1.82, 2.24) is 5.16 Å². The van der Waals surface area contributed by atoms with Gasteiger partial charge in [0.2, 0.25) is 0 Å². The first kappa shape index (κ1) is 12.0. The summed E-state index contributed by atoms with van der Waals surface area (Å²) in [4.78, 5) is 11.4. The first-order valence-corrected chi connectivity index (χ1v) is 6.53. The summed E-state index contributed by atoms with van der Waals surface area (Å²) in [6.45, 7) is 1.86. The third kappa shape index (κ3) is 2.14. The number of hydrogen-bond acceptors (Lipinski definition) is 3. The zero-order valence-electron chi connectivity index (χ0n) is 10.7. The minimum atomic E-state index is -0.982. The predicted octanol–water partition coefficient (Wildman–Crippen LogP) is 3.48. The normalized spacial score (nSPS) is 14.6. The van der Waals surface area contributed by atoms with Crippen molar-refractivity contribution in [2.24, 2.45) is 0 Å². The minimum absolute atomic E-state index is 0.190. The summed E-state index contributed by atoms with van der Waals surface area (Å²) in [6.07, 6.45) is 2.96. The van der Waals surface area contributed by atoms with Gasteiger partial charge in [-0.3, -0.25) is 0 Å². The average molecular weight is 257 g/mol. The van der Waals surface area contributed by atoms with Crippen molar-refractivity contribution in [3.8, 4) is 11.3 Å². The molecule has 0 amide bonds. The third-order valence-electron chi connectivity index (χ3n) is 3.51. The monoisotopic (exact) mass is 257 g/mol. The van der Waals surface area contributed by atoms with Gasteiger partial charge < -0.3 is 9.63 Å². The third-order valence-corrected chi connectivity index (χ3v) is 3.51. The van der Waals surface area contributed by atoms with Crippen molar-refractivity contribution in [2.45, 2.75) is 32.1 Å². The van der Waals surface area contributed by atoms with Crippen molar-refractivity contribution >= 4 is 5.97 Å². The summed E-state index contributed by atoms with van der Waals surface area (Å²) >= 11 is 0. The molecular formula is C15H15NO3. The van der Waals surface area contributed by atoms with E-state index in [9.17, 15) is 9.90 Å². The van der Waals surface area contributed by atoms with E-state index in [-0.39, 0.29) is 5.56 Å². The van der Waals surface area contributed by atoms with Gasteiger partial charge in [0.1, 0.15) is 11.3 Å². The number of aromatic carboxylic acids is 1. The molecule has 0 radical (unpaired) electrons. The SMILES string of the molecule is CCc1onc(-c2cccc(C3CC3)c2)c1C(=O)O. The van der Waals surface area contributed by atoms with Crippen molar-refractivity contribution in [1.29, 1.82) is 0 Å². The van der Waals surface area contributed by atoms with Crippen LogP contribution in [0.2, 0.25) is 0 Å². The molecule has 19 heavy (non-hydrogen) atoms. The van der Waals surface area contributed by atoms with Gasteiger partial charge >= 0.3 is 5.97 Å². The van der Waals surface area contributed by atoms with Crippen LogP contribution in [0.25, 0.3) is 11.3 Å². The predicted molar refractivity (Wildman–Crippen MR) is 70.3 cm³/mol. The van der Waals surface area contributed by atoms with Gasteiger partial charge in [0.25, 0.3) is 0 Å². The molecule has 0 spiro atoms. The molecule has 1 aromatic carbocycles. The van der Waals surface area contributed by atoms with Crippen molar-refractivity contribution in [2.75, 3.05) is 0 Å². The molecule has 1 saturated carbocycles. The largest absolute Gasteiger partial charge is 0.477 e. The molecule has 0 atom stereocenters. The molecule has 0 aliphatic heterocycles. The molecule has 1 heterocycles. The lowest BCUT2D eigenvalue weighted by atomic mass is 10.0. The Morgan fingerprint density at radius 1 is 1.47 bits per heavy atom. The first-order valence-electron chi connectivity index (χ1n) is 6.53. The summed E-state index contributed by atoms with van der Waals surface area (Å²) in [5, 5.41) is 13.3. The zero-order valence-corrected chi connectivity index (χ0v) is 10.7. The molecule has 0 bridgehead atoms. The minimum Gasteiger partial charge on any atom is -0.477 e. The van der Waals surface area contributed by atoms with E-state index in [1.54, 1.807) is 0 Å². The highest BCUT2D eigenvalue weighted by Crippen LogP contribution is 2.41. The Hall–Kier alpha value is -2.10. The number of aromatic nitrogens is 1. The van der Waals surface area contributed by atoms with Crippen LogP contribution < -0.4 is 0 Å². The van der Waals surface area contributed by atoms with Gasteiger partial charge in [-0.1, -0.05) is 30.3 Å².